The minimum absolute atomic E-state index is 0.183. The van der Waals surface area contributed by atoms with Gasteiger partial charge in [-0.3, -0.25) is 9.59 Å². The Labute approximate surface area is 525 Å². The predicted octanol–water partition coefficient (Wildman–Crippen LogP) is 22.2. The fourth-order valence-corrected chi connectivity index (χ4v) is 10.2. The lowest BCUT2D eigenvalue weighted by Crippen LogP contribution is -2.40. The fraction of sp³-hybridized carbons (Fsp3) is 0.776. The van der Waals surface area contributed by atoms with Gasteiger partial charge < -0.3 is 28.5 Å². The summed E-state index contributed by atoms with van der Waals surface area (Å²) in [6.45, 7) is 4.77. The number of carboxylic acid groups (broad SMARTS) is 1. The number of hydrogen-bond acceptors (Lipinski definition) is 7. The highest BCUT2D eigenvalue weighted by atomic mass is 16.7. The van der Waals surface area contributed by atoms with E-state index in [2.05, 4.69) is 98.9 Å². The molecule has 0 bridgehead atoms. The summed E-state index contributed by atoms with van der Waals surface area (Å²) in [6, 6.07) is 0. The van der Waals surface area contributed by atoms with Crippen molar-refractivity contribution in [1.29, 1.82) is 0 Å². The Morgan fingerprint density at radius 3 is 1.00 bits per heavy atom. The van der Waals surface area contributed by atoms with Crippen LogP contribution in [0.25, 0.3) is 0 Å². The molecule has 0 fully saturated rings. The van der Waals surface area contributed by atoms with E-state index in [1.54, 1.807) is 0 Å². The number of carbonyl (C=O) groups excluding carboxylic acids is 2. The standard InChI is InChI=1S/C76H135NO8/c1-6-8-10-12-14-16-18-20-22-24-26-27-28-29-30-31-32-33-34-35-36-37-38-39-40-41-42-43-44-45-46-47-49-51-53-55-57-59-61-63-65-67-74(79)85-72(71-84-76(75(80)81)82-69-68-77(3,4)5)70-83-73(78)66-64-62-60-58-56-54-52-50-48-25-23-21-19-17-15-13-11-9-7-2/h8,10,14-17,20-23,26-27,29-30,72,76H,6-7,9,11-13,18-19,24-25,28,31-71H2,1-5H3/p+1/b10-8-,16-14-,17-15-,22-20-,23-21-,27-26-,30-29-. The molecule has 0 saturated heterocycles. The van der Waals surface area contributed by atoms with Crippen molar-refractivity contribution in [3.63, 3.8) is 0 Å². The summed E-state index contributed by atoms with van der Waals surface area (Å²) in [5.41, 5.74) is 0. The molecular formula is C76H136NO8+. The molecule has 9 nitrogen and oxygen atoms in total. The Morgan fingerprint density at radius 2 is 0.671 bits per heavy atom. The van der Waals surface area contributed by atoms with Gasteiger partial charge in [0.2, 0.25) is 0 Å². The molecule has 0 amide bonds. The third-order valence-corrected chi connectivity index (χ3v) is 15.6. The first kappa shape index (κ1) is 81.5. The van der Waals surface area contributed by atoms with E-state index in [0.717, 1.165) is 77.0 Å². The number of nitrogens with zero attached hydrogens (tertiary/aromatic N) is 1. The largest absolute Gasteiger partial charge is 0.477 e. The molecule has 0 aromatic heterocycles. The smallest absolute Gasteiger partial charge is 0.361 e. The topological polar surface area (TPSA) is 108 Å². The minimum atomic E-state index is -1.51. The number of rotatable bonds is 66. The molecule has 9 heteroatoms. The van der Waals surface area contributed by atoms with E-state index in [0.29, 0.717) is 17.4 Å². The van der Waals surface area contributed by atoms with Gasteiger partial charge in [0.1, 0.15) is 13.2 Å². The van der Waals surface area contributed by atoms with Crippen molar-refractivity contribution in [3.8, 4) is 0 Å². The van der Waals surface area contributed by atoms with Crippen molar-refractivity contribution in [2.75, 3.05) is 47.5 Å². The van der Waals surface area contributed by atoms with Gasteiger partial charge in [-0.2, -0.15) is 0 Å². The third-order valence-electron chi connectivity index (χ3n) is 15.6. The van der Waals surface area contributed by atoms with Crippen molar-refractivity contribution in [2.45, 2.75) is 334 Å². The first-order chi connectivity index (χ1) is 41.6. The molecule has 2 unspecified atom stereocenters. The lowest BCUT2D eigenvalue weighted by Gasteiger charge is -2.25. The van der Waals surface area contributed by atoms with E-state index in [-0.39, 0.29) is 32.2 Å². The summed E-state index contributed by atoms with van der Waals surface area (Å²) < 4.78 is 23.0. The van der Waals surface area contributed by atoms with Gasteiger partial charge in [0, 0.05) is 12.8 Å². The van der Waals surface area contributed by atoms with Gasteiger partial charge in [0.05, 0.1) is 34.4 Å². The molecule has 0 aliphatic carbocycles. The molecule has 0 aliphatic rings. The zero-order chi connectivity index (χ0) is 61.9. The van der Waals surface area contributed by atoms with Crippen LogP contribution in [0.1, 0.15) is 322 Å². The lowest BCUT2D eigenvalue weighted by atomic mass is 10.0. The fourth-order valence-electron chi connectivity index (χ4n) is 10.2. The number of allylic oxidation sites excluding steroid dienone is 14. The second-order valence-corrected chi connectivity index (χ2v) is 25.2. The summed E-state index contributed by atoms with van der Waals surface area (Å²) in [5.74, 6) is -1.99. The number of quaternary nitrogens is 1. The molecule has 0 saturated carbocycles. The molecule has 0 rings (SSSR count). The van der Waals surface area contributed by atoms with Gasteiger partial charge >= 0.3 is 17.9 Å². The van der Waals surface area contributed by atoms with Crippen LogP contribution in [0.4, 0.5) is 0 Å². The molecule has 1 N–H and O–H groups in total. The number of ether oxygens (including phenoxy) is 4. The predicted molar refractivity (Wildman–Crippen MR) is 364 cm³/mol. The second kappa shape index (κ2) is 66.4. The average Bonchev–Trinajstić information content (AvgIpc) is 3.49. The number of carbonyl (C=O) groups is 3. The van der Waals surface area contributed by atoms with Gasteiger partial charge in [0.15, 0.2) is 6.10 Å². The number of carboxylic acids is 1. The van der Waals surface area contributed by atoms with Crippen LogP contribution in [0.2, 0.25) is 0 Å². The summed E-state index contributed by atoms with van der Waals surface area (Å²) >= 11 is 0. The summed E-state index contributed by atoms with van der Waals surface area (Å²) in [4.78, 5) is 37.6. The van der Waals surface area contributed by atoms with Gasteiger partial charge in [-0.1, -0.05) is 304 Å². The third kappa shape index (κ3) is 67.8. The second-order valence-electron chi connectivity index (χ2n) is 25.2. The first-order valence-electron chi connectivity index (χ1n) is 35.8. The Morgan fingerprint density at radius 1 is 0.365 bits per heavy atom. The minimum Gasteiger partial charge on any atom is -0.477 e. The Kier molecular flexibility index (Phi) is 63.7. The van der Waals surface area contributed by atoms with E-state index in [9.17, 15) is 19.5 Å². The molecule has 0 heterocycles. The van der Waals surface area contributed by atoms with Crippen LogP contribution >= 0.6 is 0 Å². The number of unbranched alkanes of at least 4 members (excludes halogenated alkanes) is 37. The quantitative estimate of drug-likeness (QED) is 0.0211. The Hall–Kier alpha value is -3.53. The average molecular weight is 1190 g/mol. The molecule has 85 heavy (non-hydrogen) atoms. The van der Waals surface area contributed by atoms with E-state index < -0.39 is 24.3 Å². The lowest BCUT2D eigenvalue weighted by molar-refractivity contribution is -0.870. The molecule has 492 valence electrons. The molecule has 0 spiro atoms. The van der Waals surface area contributed by atoms with Gasteiger partial charge in [-0.25, -0.2) is 4.79 Å². The molecule has 2 atom stereocenters. The van der Waals surface area contributed by atoms with E-state index in [1.165, 1.54) is 218 Å². The van der Waals surface area contributed by atoms with Crippen LogP contribution in [0.5, 0.6) is 0 Å². The normalized spacial score (nSPS) is 13.2. The maximum absolute atomic E-state index is 12.9. The van der Waals surface area contributed by atoms with E-state index >= 15 is 0 Å². The number of hydrogen-bond donors (Lipinski definition) is 1. The van der Waals surface area contributed by atoms with Crippen LogP contribution in [0, 0.1) is 0 Å². The molecule has 0 aromatic rings. The Bertz CT molecular complexity index is 1670. The zero-order valence-electron chi connectivity index (χ0n) is 56.3. The molecule has 0 radical (unpaired) electrons. The van der Waals surface area contributed by atoms with Crippen molar-refractivity contribution in [2.24, 2.45) is 0 Å². The van der Waals surface area contributed by atoms with Crippen LogP contribution in [-0.2, 0) is 33.3 Å². The molecular weight excluding hydrogens is 1050 g/mol. The van der Waals surface area contributed by atoms with Crippen LogP contribution in [-0.4, -0.2) is 87.4 Å². The monoisotopic (exact) mass is 1190 g/mol. The van der Waals surface area contributed by atoms with Crippen LogP contribution in [0.3, 0.4) is 0 Å². The number of aliphatic carboxylic acids is 1. The maximum atomic E-state index is 12.9. The highest BCUT2D eigenvalue weighted by molar-refractivity contribution is 5.71. The van der Waals surface area contributed by atoms with Crippen molar-refractivity contribution >= 4 is 17.9 Å². The number of esters is 2. The van der Waals surface area contributed by atoms with E-state index in [4.69, 9.17) is 18.9 Å². The van der Waals surface area contributed by atoms with Crippen LogP contribution < -0.4 is 0 Å². The molecule has 0 aliphatic heterocycles. The van der Waals surface area contributed by atoms with Gasteiger partial charge in [-0.05, 0) is 89.9 Å². The van der Waals surface area contributed by atoms with Crippen molar-refractivity contribution < 1.29 is 42.9 Å². The van der Waals surface area contributed by atoms with Crippen molar-refractivity contribution in [3.05, 3.63) is 85.1 Å². The number of likely N-dealkylation sites (N-methyl/N-ethyl adjacent to an activating group) is 1. The molecule has 0 aromatic carbocycles. The highest BCUT2D eigenvalue weighted by Gasteiger charge is 2.25. The van der Waals surface area contributed by atoms with E-state index in [1.807, 2.05) is 21.1 Å². The first-order valence-corrected chi connectivity index (χ1v) is 35.8. The SMILES string of the molecule is CC/C=C\C/C=C\C/C=C\C/C=C\C/C=C\CCCCCCCCCCCCCCCCCCCCCCCCCCCC(=O)OC(COC(=O)CCCCCCCCCCC/C=C\C/C=C\CCCCC)COC(OCC[N+](C)(C)C)C(=O)O. The summed E-state index contributed by atoms with van der Waals surface area (Å²) in [7, 11) is 5.98. The van der Waals surface area contributed by atoms with Gasteiger partial charge in [-0.15, -0.1) is 0 Å². The Balaban J connectivity index is 3.97. The summed E-state index contributed by atoms with van der Waals surface area (Å²) in [6.07, 6.45) is 87.1. The van der Waals surface area contributed by atoms with Crippen molar-refractivity contribution in [1.82, 2.24) is 0 Å². The highest BCUT2D eigenvalue weighted by Crippen LogP contribution is 2.18. The zero-order valence-corrected chi connectivity index (χ0v) is 56.3. The van der Waals surface area contributed by atoms with Gasteiger partial charge in [0.25, 0.3) is 6.29 Å². The summed E-state index contributed by atoms with van der Waals surface area (Å²) in [5, 5.41) is 9.74. The van der Waals surface area contributed by atoms with Crippen LogP contribution in [0.15, 0.2) is 85.1 Å². The maximum Gasteiger partial charge on any atom is 0.361 e.